The summed E-state index contributed by atoms with van der Waals surface area (Å²) in [4.78, 5) is 14.8. The van der Waals surface area contributed by atoms with Crippen molar-refractivity contribution < 1.29 is 9.53 Å². The van der Waals surface area contributed by atoms with Crippen LogP contribution in [0, 0.1) is 0 Å². The minimum absolute atomic E-state index is 0.118. The summed E-state index contributed by atoms with van der Waals surface area (Å²) in [7, 11) is 0. The monoisotopic (exact) mass is 401 g/mol. The third-order valence-electron chi connectivity index (χ3n) is 4.10. The smallest absolute Gasteiger partial charge is 0.254 e. The van der Waals surface area contributed by atoms with Gasteiger partial charge < -0.3 is 9.64 Å². The molecule has 0 aromatic heterocycles. The maximum atomic E-state index is 12.8. The highest BCUT2D eigenvalue weighted by Gasteiger charge is 2.36. The zero-order valence-corrected chi connectivity index (χ0v) is 14.3. The van der Waals surface area contributed by atoms with E-state index in [4.69, 9.17) is 4.74 Å². The van der Waals surface area contributed by atoms with Crippen molar-refractivity contribution in [3.63, 3.8) is 0 Å². The van der Waals surface area contributed by atoms with E-state index < -0.39 is 0 Å². The standard InChI is InChI=1S/C15H17Br2NO2/c16-11-7-10(8-12(17)9-11)15(19)18-5-6-20-14-4-2-1-3-13(14)18/h7-9,13-14H,1-6H2. The molecular weight excluding hydrogens is 386 g/mol. The van der Waals surface area contributed by atoms with E-state index in [1.807, 2.05) is 23.1 Å². The summed E-state index contributed by atoms with van der Waals surface area (Å²) in [6, 6.07) is 5.98. The molecule has 1 aromatic carbocycles. The van der Waals surface area contributed by atoms with Crippen molar-refractivity contribution in [3.8, 4) is 0 Å². The largest absolute Gasteiger partial charge is 0.374 e. The minimum Gasteiger partial charge on any atom is -0.374 e. The second kappa shape index (κ2) is 6.16. The van der Waals surface area contributed by atoms with Crippen LogP contribution in [-0.2, 0) is 4.74 Å². The van der Waals surface area contributed by atoms with Gasteiger partial charge in [0, 0.05) is 21.1 Å². The molecule has 0 radical (unpaired) electrons. The minimum atomic E-state index is 0.118. The number of fused-ring (bicyclic) bond motifs is 1. The molecule has 1 heterocycles. The first-order valence-electron chi connectivity index (χ1n) is 7.04. The predicted octanol–water partition coefficient (Wildman–Crippen LogP) is 4.00. The molecule has 3 rings (SSSR count). The second-order valence-electron chi connectivity index (χ2n) is 5.42. The van der Waals surface area contributed by atoms with Gasteiger partial charge in [-0.05, 0) is 31.0 Å². The Labute approximate surface area is 135 Å². The van der Waals surface area contributed by atoms with E-state index in [0.29, 0.717) is 13.2 Å². The van der Waals surface area contributed by atoms with Gasteiger partial charge in [-0.3, -0.25) is 4.79 Å². The number of hydrogen-bond donors (Lipinski definition) is 0. The van der Waals surface area contributed by atoms with Gasteiger partial charge in [0.2, 0.25) is 0 Å². The Morgan fingerprint density at radius 2 is 1.85 bits per heavy atom. The molecule has 1 saturated carbocycles. The Morgan fingerprint density at radius 3 is 2.60 bits per heavy atom. The van der Waals surface area contributed by atoms with E-state index in [1.54, 1.807) is 0 Å². The molecule has 2 unspecified atom stereocenters. The average Bonchev–Trinajstić information content (AvgIpc) is 2.45. The van der Waals surface area contributed by atoms with Crippen LogP contribution in [0.4, 0.5) is 0 Å². The third kappa shape index (κ3) is 2.95. The summed E-state index contributed by atoms with van der Waals surface area (Å²) >= 11 is 6.90. The maximum Gasteiger partial charge on any atom is 0.254 e. The van der Waals surface area contributed by atoms with Crippen molar-refractivity contribution in [2.45, 2.75) is 37.8 Å². The fourth-order valence-electron chi connectivity index (χ4n) is 3.19. The first kappa shape index (κ1) is 14.5. The number of nitrogens with zero attached hydrogens (tertiary/aromatic N) is 1. The number of rotatable bonds is 1. The van der Waals surface area contributed by atoms with Crippen LogP contribution in [0.5, 0.6) is 0 Å². The molecule has 3 nitrogen and oxygen atoms in total. The van der Waals surface area contributed by atoms with E-state index >= 15 is 0 Å². The molecule has 5 heteroatoms. The van der Waals surface area contributed by atoms with Crippen molar-refractivity contribution in [2.24, 2.45) is 0 Å². The zero-order chi connectivity index (χ0) is 14.1. The number of halogens is 2. The highest BCUT2D eigenvalue weighted by atomic mass is 79.9. The molecule has 108 valence electrons. The van der Waals surface area contributed by atoms with Gasteiger partial charge in [0.15, 0.2) is 0 Å². The molecule has 0 bridgehead atoms. The summed E-state index contributed by atoms with van der Waals surface area (Å²) in [5.74, 6) is 0.118. The Balaban J connectivity index is 1.84. The van der Waals surface area contributed by atoms with Crippen LogP contribution < -0.4 is 0 Å². The van der Waals surface area contributed by atoms with Gasteiger partial charge in [0.05, 0.1) is 18.8 Å². The summed E-state index contributed by atoms with van der Waals surface area (Å²) < 4.78 is 7.67. The lowest BCUT2D eigenvalue weighted by Gasteiger charge is -2.43. The lowest BCUT2D eigenvalue weighted by molar-refractivity contribution is -0.0752. The fourth-order valence-corrected chi connectivity index (χ4v) is 4.49. The predicted molar refractivity (Wildman–Crippen MR) is 84.9 cm³/mol. The molecule has 0 N–H and O–H groups in total. The summed E-state index contributed by atoms with van der Waals surface area (Å²) in [6.45, 7) is 1.35. The number of morpholine rings is 1. The number of ether oxygens (including phenoxy) is 1. The first-order valence-corrected chi connectivity index (χ1v) is 8.62. The van der Waals surface area contributed by atoms with Gasteiger partial charge in [-0.25, -0.2) is 0 Å². The molecule has 1 aliphatic carbocycles. The first-order chi connectivity index (χ1) is 9.65. The van der Waals surface area contributed by atoms with Gasteiger partial charge in [0.25, 0.3) is 5.91 Å². The highest BCUT2D eigenvalue weighted by Crippen LogP contribution is 2.30. The summed E-state index contributed by atoms with van der Waals surface area (Å²) in [5.41, 5.74) is 0.734. The van der Waals surface area contributed by atoms with E-state index in [0.717, 1.165) is 27.4 Å². The van der Waals surface area contributed by atoms with Crippen LogP contribution in [-0.4, -0.2) is 36.1 Å². The molecule has 2 atom stereocenters. The van der Waals surface area contributed by atoms with Crippen LogP contribution in [0.2, 0.25) is 0 Å². The fraction of sp³-hybridized carbons (Fsp3) is 0.533. The maximum absolute atomic E-state index is 12.8. The van der Waals surface area contributed by atoms with Gasteiger partial charge in [-0.2, -0.15) is 0 Å². The molecule has 1 amide bonds. The number of carbonyl (C=O) groups excluding carboxylic acids is 1. The quantitative estimate of drug-likeness (QED) is 0.710. The molecule has 20 heavy (non-hydrogen) atoms. The molecule has 1 aliphatic heterocycles. The molecule has 2 fully saturated rings. The van der Waals surface area contributed by atoms with Crippen molar-refractivity contribution in [3.05, 3.63) is 32.7 Å². The zero-order valence-electron chi connectivity index (χ0n) is 11.1. The highest BCUT2D eigenvalue weighted by molar-refractivity contribution is 9.11. The van der Waals surface area contributed by atoms with E-state index in [-0.39, 0.29) is 18.1 Å². The van der Waals surface area contributed by atoms with E-state index in [1.165, 1.54) is 12.8 Å². The van der Waals surface area contributed by atoms with Crippen LogP contribution in [0.3, 0.4) is 0 Å². The SMILES string of the molecule is O=C(c1cc(Br)cc(Br)c1)N1CCOC2CCCCC21. The molecular formula is C15H17Br2NO2. The number of hydrogen-bond acceptors (Lipinski definition) is 2. The Kier molecular flexibility index (Phi) is 4.48. The number of benzene rings is 1. The van der Waals surface area contributed by atoms with Gasteiger partial charge in [0.1, 0.15) is 0 Å². The molecule has 1 aromatic rings. The van der Waals surface area contributed by atoms with Crippen molar-refractivity contribution in [1.29, 1.82) is 0 Å². The van der Waals surface area contributed by atoms with Gasteiger partial charge in [-0.15, -0.1) is 0 Å². The van der Waals surface area contributed by atoms with E-state index in [2.05, 4.69) is 31.9 Å². The lowest BCUT2D eigenvalue weighted by Crippen LogP contribution is -2.54. The topological polar surface area (TPSA) is 29.5 Å². The summed E-state index contributed by atoms with van der Waals surface area (Å²) in [5, 5.41) is 0. The number of amides is 1. The Morgan fingerprint density at radius 1 is 1.15 bits per heavy atom. The normalized spacial score (nSPS) is 26.2. The van der Waals surface area contributed by atoms with Crippen LogP contribution >= 0.6 is 31.9 Å². The summed E-state index contributed by atoms with van der Waals surface area (Å²) in [6.07, 6.45) is 4.78. The molecule has 2 aliphatic rings. The lowest BCUT2D eigenvalue weighted by atomic mass is 9.89. The van der Waals surface area contributed by atoms with Crippen LogP contribution in [0.15, 0.2) is 27.1 Å². The van der Waals surface area contributed by atoms with Crippen molar-refractivity contribution in [1.82, 2.24) is 4.90 Å². The van der Waals surface area contributed by atoms with Crippen LogP contribution in [0.25, 0.3) is 0 Å². The third-order valence-corrected chi connectivity index (χ3v) is 5.02. The van der Waals surface area contributed by atoms with Crippen molar-refractivity contribution >= 4 is 37.8 Å². The van der Waals surface area contributed by atoms with Crippen molar-refractivity contribution in [2.75, 3.05) is 13.2 Å². The van der Waals surface area contributed by atoms with E-state index in [9.17, 15) is 4.79 Å². The van der Waals surface area contributed by atoms with Crippen LogP contribution in [0.1, 0.15) is 36.0 Å². The molecule has 1 saturated heterocycles. The molecule has 0 spiro atoms. The Bertz CT molecular complexity index is 498. The van der Waals surface area contributed by atoms with Gasteiger partial charge in [-0.1, -0.05) is 44.7 Å². The second-order valence-corrected chi connectivity index (χ2v) is 7.25. The Hall–Kier alpha value is -0.390. The van der Waals surface area contributed by atoms with Gasteiger partial charge >= 0.3 is 0 Å². The number of carbonyl (C=O) groups is 1. The average molecular weight is 403 g/mol.